The van der Waals surface area contributed by atoms with E-state index in [0.717, 1.165) is 0 Å². The Morgan fingerprint density at radius 1 is 1.27 bits per heavy atom. The van der Waals surface area contributed by atoms with Crippen molar-refractivity contribution in [1.29, 1.82) is 0 Å². The Hall–Kier alpha value is -1.11. The van der Waals surface area contributed by atoms with E-state index in [-0.39, 0.29) is 35.5 Å². The fourth-order valence-corrected chi connectivity index (χ4v) is 1.31. The highest BCUT2D eigenvalue weighted by atomic mass is 16.1. The third-order valence-corrected chi connectivity index (χ3v) is 1.87. The van der Waals surface area contributed by atoms with E-state index in [1.807, 2.05) is 0 Å². The van der Waals surface area contributed by atoms with Gasteiger partial charge in [0, 0.05) is 12.0 Å². The molecule has 0 unspecified atom stereocenters. The summed E-state index contributed by atoms with van der Waals surface area (Å²) in [6, 6.07) is -0.794. The molecular formula is C10H10O. The van der Waals surface area contributed by atoms with Gasteiger partial charge in [-0.2, -0.15) is 0 Å². The molecule has 1 aromatic rings. The van der Waals surface area contributed by atoms with Gasteiger partial charge in [-0.25, -0.2) is 0 Å². The zero-order valence-corrected chi connectivity index (χ0v) is 6.03. The van der Waals surface area contributed by atoms with Gasteiger partial charge in [-0.15, -0.1) is 0 Å². The fourth-order valence-electron chi connectivity index (χ4n) is 1.31. The van der Waals surface area contributed by atoms with Gasteiger partial charge in [0.05, 0.1) is 5.48 Å². The lowest BCUT2D eigenvalue weighted by Crippen LogP contribution is -2.09. The molecule has 0 aliphatic heterocycles. The Kier molecular flexibility index (Phi) is 0.800. The Morgan fingerprint density at radius 2 is 2.09 bits per heavy atom. The molecule has 0 heterocycles. The van der Waals surface area contributed by atoms with Crippen LogP contribution in [0.25, 0.3) is 0 Å². The van der Waals surface area contributed by atoms with Crippen molar-refractivity contribution in [2.75, 3.05) is 0 Å². The number of hydrogen-bond acceptors (Lipinski definition) is 1. The van der Waals surface area contributed by atoms with Gasteiger partial charge in [0.1, 0.15) is 0 Å². The average Bonchev–Trinajstić information content (AvgIpc) is 2.23. The van der Waals surface area contributed by atoms with Crippen molar-refractivity contribution in [3.63, 3.8) is 0 Å². The van der Waals surface area contributed by atoms with Gasteiger partial charge in [0.15, 0.2) is 5.78 Å². The van der Waals surface area contributed by atoms with Crippen molar-refractivity contribution in [3.05, 3.63) is 35.3 Å². The molecular weight excluding hydrogens is 142 g/mol. The predicted molar refractivity (Wildman–Crippen MR) is 43.7 cm³/mol. The normalized spacial score (nSPS) is 21.3. The minimum absolute atomic E-state index is 0.0564. The van der Waals surface area contributed by atoms with E-state index in [0.29, 0.717) is 24.8 Å². The second-order valence-electron chi connectivity index (χ2n) is 2.63. The Morgan fingerprint density at radius 3 is 3.00 bits per heavy atom. The van der Waals surface area contributed by atoms with Crippen LogP contribution in [0.3, 0.4) is 0 Å². The lowest BCUT2D eigenvalue weighted by molar-refractivity contribution is 0.0972. The number of carbonyl (C=O) groups is 1. The van der Waals surface area contributed by atoms with Crippen LogP contribution in [0, 0.1) is 0 Å². The maximum atomic E-state index is 11.6. The molecule has 0 atom stereocenters. The molecule has 0 spiro atoms. The molecule has 1 heteroatoms. The summed E-state index contributed by atoms with van der Waals surface area (Å²) < 4.78 is 30.2. The first-order valence-corrected chi connectivity index (χ1v) is 3.66. The average molecular weight is 156 g/mol. The minimum atomic E-state index is -0.311. The number of ketones is 1. The van der Waals surface area contributed by atoms with Gasteiger partial charge in [0.2, 0.25) is 0 Å². The summed E-state index contributed by atoms with van der Waals surface area (Å²) >= 11 is 0. The molecule has 1 aromatic carbocycles. The molecule has 0 amide bonds. The summed E-state index contributed by atoms with van der Waals surface area (Å²) in [6.45, 7) is 0. The third-order valence-electron chi connectivity index (χ3n) is 1.87. The van der Waals surface area contributed by atoms with Crippen molar-refractivity contribution >= 4 is 5.78 Å². The molecule has 0 saturated heterocycles. The van der Waals surface area contributed by atoms with Gasteiger partial charge >= 0.3 is 0 Å². The molecule has 0 saturated carbocycles. The number of fused-ring (bicyclic) bond motifs is 1. The van der Waals surface area contributed by atoms with Crippen LogP contribution in [0.5, 0.6) is 0 Å². The number of rotatable bonds is 0. The summed E-state index contributed by atoms with van der Waals surface area (Å²) in [5.74, 6) is -0.164. The second-order valence-corrected chi connectivity index (χ2v) is 2.63. The lowest BCUT2D eigenvalue weighted by Gasteiger charge is -2.12. The SMILES string of the molecule is [2H][13c]1[13c]([2H])[13c]([2H])[13c]2[13c]([13c]1[2H])CCCC2=O. The van der Waals surface area contributed by atoms with Gasteiger partial charge < -0.3 is 0 Å². The molecule has 11 heavy (non-hydrogen) atoms. The van der Waals surface area contributed by atoms with Crippen LogP contribution in [-0.2, 0) is 6.42 Å². The topological polar surface area (TPSA) is 17.1 Å². The maximum Gasteiger partial charge on any atom is 0.163 e. The van der Waals surface area contributed by atoms with Crippen LogP contribution < -0.4 is 0 Å². The Labute approximate surface area is 71.7 Å². The lowest BCUT2D eigenvalue weighted by atomic mass is 10.2. The van der Waals surface area contributed by atoms with Crippen LogP contribution in [0.1, 0.15) is 34.2 Å². The fraction of sp³-hybridized carbons (Fsp3) is 0.300. The van der Waals surface area contributed by atoms with E-state index in [9.17, 15) is 4.79 Å². The second kappa shape index (κ2) is 2.50. The van der Waals surface area contributed by atoms with Crippen LogP contribution >= 0.6 is 0 Å². The first kappa shape index (κ1) is 3.53. The summed E-state index contributed by atoms with van der Waals surface area (Å²) in [4.78, 5) is 11.6. The zero-order chi connectivity index (χ0) is 11.2. The van der Waals surface area contributed by atoms with E-state index in [1.165, 1.54) is 0 Å². The molecule has 1 aliphatic rings. The van der Waals surface area contributed by atoms with Crippen LogP contribution in [0.2, 0.25) is 0 Å². The molecule has 2 rings (SSSR count). The Bertz CT molecular complexity index is 453. The van der Waals surface area contributed by atoms with E-state index in [1.54, 1.807) is 0 Å². The Balaban J connectivity index is 2.80. The van der Waals surface area contributed by atoms with Crippen LogP contribution in [-0.4, -0.2) is 5.78 Å². The maximum absolute atomic E-state index is 11.6. The number of Topliss-reactive ketones (excluding diaryl/α,β-unsaturated/α-hetero) is 1. The molecule has 0 radical (unpaired) electrons. The molecule has 56 valence electrons. The highest BCUT2D eigenvalue weighted by molar-refractivity contribution is 5.98. The zero-order valence-electron chi connectivity index (χ0n) is 10.0. The van der Waals surface area contributed by atoms with E-state index in [2.05, 4.69) is 0 Å². The van der Waals surface area contributed by atoms with E-state index >= 15 is 0 Å². The molecule has 0 aromatic heterocycles. The number of hydrogen-bond donors (Lipinski definition) is 0. The molecule has 0 bridgehead atoms. The minimum Gasteiger partial charge on any atom is -0.294 e. The van der Waals surface area contributed by atoms with Crippen molar-refractivity contribution in [2.24, 2.45) is 0 Å². The first-order valence-electron chi connectivity index (χ1n) is 5.66. The van der Waals surface area contributed by atoms with Crippen molar-refractivity contribution in [1.82, 2.24) is 0 Å². The van der Waals surface area contributed by atoms with Crippen molar-refractivity contribution in [2.45, 2.75) is 19.3 Å². The highest BCUT2D eigenvalue weighted by Crippen LogP contribution is 2.19. The molecule has 0 fully saturated rings. The molecule has 1 aliphatic carbocycles. The van der Waals surface area contributed by atoms with Gasteiger partial charge in [-0.05, 0) is 18.4 Å². The van der Waals surface area contributed by atoms with Crippen LogP contribution in [0.4, 0.5) is 0 Å². The number of carbonyl (C=O) groups excluding carboxylic acids is 1. The van der Waals surface area contributed by atoms with Crippen LogP contribution in [0.15, 0.2) is 24.2 Å². The van der Waals surface area contributed by atoms with Gasteiger partial charge in [-0.3, -0.25) is 4.79 Å². The standard InChI is InChI=1S/C10H10O/c11-10-7-3-5-8-4-1-2-6-9(8)10/h1-2,4,6H,3,5,7H2/i1+1D,2+1D,4+1D,6+1D,8+1,9+1. The van der Waals surface area contributed by atoms with Gasteiger partial charge in [0.25, 0.3) is 0 Å². The quantitative estimate of drug-likeness (QED) is 0.562. The summed E-state index contributed by atoms with van der Waals surface area (Å²) in [7, 11) is 0. The summed E-state index contributed by atoms with van der Waals surface area (Å²) in [5.41, 5.74) is 0.685. The van der Waals surface area contributed by atoms with E-state index in [4.69, 9.17) is 5.48 Å². The number of benzene rings is 1. The van der Waals surface area contributed by atoms with E-state index < -0.39 is 0 Å². The molecule has 1 nitrogen and oxygen atoms in total. The predicted octanol–water partition coefficient (Wildman–Crippen LogP) is 2.21. The highest BCUT2D eigenvalue weighted by Gasteiger charge is 2.14. The van der Waals surface area contributed by atoms with Crippen molar-refractivity contribution in [3.8, 4) is 0 Å². The van der Waals surface area contributed by atoms with Crippen molar-refractivity contribution < 1.29 is 10.3 Å². The third kappa shape index (κ3) is 1.07. The summed E-state index contributed by atoms with van der Waals surface area (Å²) in [5, 5.41) is 0. The largest absolute Gasteiger partial charge is 0.294 e. The first-order chi connectivity index (χ1) is 7.04. The smallest absolute Gasteiger partial charge is 0.163 e. The monoisotopic (exact) mass is 156 g/mol. The molecule has 0 N–H and O–H groups in total. The summed E-state index contributed by atoms with van der Waals surface area (Å²) in [6.07, 6.45) is 1.63. The van der Waals surface area contributed by atoms with Gasteiger partial charge in [-0.1, -0.05) is 24.2 Å².